The topological polar surface area (TPSA) is 142 Å². The lowest BCUT2D eigenvalue weighted by molar-refractivity contribution is -0.121. The van der Waals surface area contributed by atoms with E-state index in [0.29, 0.717) is 37.9 Å². The van der Waals surface area contributed by atoms with Crippen LogP contribution in [0.5, 0.6) is 28.7 Å². The number of rotatable bonds is 17. The second kappa shape index (κ2) is 16.4. The predicted molar refractivity (Wildman–Crippen MR) is 169 cm³/mol. The van der Waals surface area contributed by atoms with Gasteiger partial charge in [-0.1, -0.05) is 66.7 Å². The molecule has 2 unspecified atom stereocenters. The molecule has 0 aliphatic heterocycles. The van der Waals surface area contributed by atoms with Crippen molar-refractivity contribution >= 4 is 5.78 Å². The minimum Gasteiger partial charge on any atom is -0.504 e. The minimum absolute atomic E-state index is 0.0173. The standard InChI is InChI=1S/C36H41NO7/c37-24-44-34-19-27(13-16-32(34)40)12-15-30(38)23-31(39)20-28(14-11-25-7-3-1-4-8-25)29-21-33(41)36(42)35(22-29)43-18-17-26-9-5-2-6-10-26/h1-10,13,16,19,21-22,28,31,39-42H,11-12,14-15,17-18,20,23-24,37H2. The molecular formula is C36H41NO7. The van der Waals surface area contributed by atoms with Crippen LogP contribution in [0.15, 0.2) is 91.0 Å². The van der Waals surface area contributed by atoms with Crippen LogP contribution in [-0.2, 0) is 24.1 Å². The molecule has 4 aromatic rings. The number of hydrogen-bond donors (Lipinski definition) is 5. The first kappa shape index (κ1) is 32.4. The number of phenols is 3. The molecule has 0 saturated heterocycles. The zero-order valence-electron chi connectivity index (χ0n) is 24.8. The van der Waals surface area contributed by atoms with Gasteiger partial charge < -0.3 is 29.9 Å². The molecule has 0 spiro atoms. The Labute approximate surface area is 258 Å². The van der Waals surface area contributed by atoms with E-state index in [1.165, 1.54) is 12.1 Å². The van der Waals surface area contributed by atoms with E-state index in [4.69, 9.17) is 15.2 Å². The van der Waals surface area contributed by atoms with Crippen molar-refractivity contribution in [3.63, 3.8) is 0 Å². The molecule has 4 aromatic carbocycles. The Morgan fingerprint density at radius 2 is 1.41 bits per heavy atom. The fourth-order valence-electron chi connectivity index (χ4n) is 5.27. The Balaban J connectivity index is 1.42. The Kier molecular flexibility index (Phi) is 12.0. The van der Waals surface area contributed by atoms with Crippen LogP contribution < -0.4 is 15.2 Å². The summed E-state index contributed by atoms with van der Waals surface area (Å²) in [6, 6.07) is 27.9. The Hall–Kier alpha value is -4.53. The van der Waals surface area contributed by atoms with Crippen molar-refractivity contribution in [3.8, 4) is 28.7 Å². The van der Waals surface area contributed by atoms with E-state index in [1.54, 1.807) is 18.2 Å². The van der Waals surface area contributed by atoms with Gasteiger partial charge in [0, 0.05) is 19.3 Å². The molecule has 6 N–H and O–H groups in total. The first-order valence-electron chi connectivity index (χ1n) is 14.9. The SMILES string of the molecule is NCOc1cc(CCC(=O)CC(O)CC(CCc2ccccc2)c2cc(O)c(O)c(OCCc3ccccc3)c2)ccc1O. The number of benzene rings is 4. The molecule has 0 aliphatic carbocycles. The number of aliphatic hydroxyl groups excluding tert-OH is 1. The normalized spacial score (nSPS) is 12.4. The van der Waals surface area contributed by atoms with Crippen LogP contribution in [0, 0.1) is 0 Å². The van der Waals surface area contributed by atoms with Crippen LogP contribution in [0.3, 0.4) is 0 Å². The summed E-state index contributed by atoms with van der Waals surface area (Å²) in [5, 5.41) is 42.0. The number of ether oxygens (including phenoxy) is 2. The van der Waals surface area contributed by atoms with Gasteiger partial charge in [-0.2, -0.15) is 0 Å². The highest BCUT2D eigenvalue weighted by molar-refractivity contribution is 5.79. The first-order valence-corrected chi connectivity index (χ1v) is 14.9. The molecule has 0 saturated carbocycles. The van der Waals surface area contributed by atoms with Gasteiger partial charge in [0.1, 0.15) is 12.5 Å². The molecule has 232 valence electrons. The van der Waals surface area contributed by atoms with Crippen LogP contribution in [-0.4, -0.2) is 45.7 Å². The lowest BCUT2D eigenvalue weighted by Crippen LogP contribution is -2.18. The van der Waals surface area contributed by atoms with E-state index in [9.17, 15) is 25.2 Å². The zero-order valence-corrected chi connectivity index (χ0v) is 24.8. The average Bonchev–Trinajstić information content (AvgIpc) is 3.02. The largest absolute Gasteiger partial charge is 0.504 e. The van der Waals surface area contributed by atoms with Crippen molar-refractivity contribution in [3.05, 3.63) is 113 Å². The number of Topliss-reactive ketones (excluding diaryl/α,β-unsaturated/α-hetero) is 1. The van der Waals surface area contributed by atoms with Crippen LogP contribution in [0.4, 0.5) is 0 Å². The van der Waals surface area contributed by atoms with E-state index < -0.39 is 6.10 Å². The van der Waals surface area contributed by atoms with Crippen LogP contribution >= 0.6 is 0 Å². The van der Waals surface area contributed by atoms with Gasteiger partial charge in [-0.15, -0.1) is 0 Å². The van der Waals surface area contributed by atoms with Crippen molar-refractivity contribution in [1.82, 2.24) is 0 Å². The van der Waals surface area contributed by atoms with Gasteiger partial charge in [0.2, 0.25) is 5.75 Å². The van der Waals surface area contributed by atoms with Crippen molar-refractivity contribution in [2.24, 2.45) is 5.73 Å². The number of aromatic hydroxyl groups is 3. The number of carbonyl (C=O) groups excluding carboxylic acids is 1. The molecule has 0 aromatic heterocycles. The highest BCUT2D eigenvalue weighted by Crippen LogP contribution is 2.41. The highest BCUT2D eigenvalue weighted by Gasteiger charge is 2.22. The fraction of sp³-hybridized carbons (Fsp3) is 0.306. The number of carbonyl (C=O) groups is 1. The molecule has 0 heterocycles. The summed E-state index contributed by atoms with van der Waals surface area (Å²) in [5.74, 6) is -0.501. The highest BCUT2D eigenvalue weighted by atomic mass is 16.5. The quantitative estimate of drug-likeness (QED) is 0.0760. The molecule has 0 aliphatic rings. The molecule has 0 amide bonds. The monoisotopic (exact) mass is 599 g/mol. The summed E-state index contributed by atoms with van der Waals surface area (Å²) in [4.78, 5) is 12.8. The van der Waals surface area contributed by atoms with Crippen LogP contribution in [0.1, 0.15) is 53.9 Å². The van der Waals surface area contributed by atoms with Gasteiger partial charge in [-0.3, -0.25) is 10.5 Å². The summed E-state index contributed by atoms with van der Waals surface area (Å²) in [6.45, 7) is 0.237. The van der Waals surface area contributed by atoms with Gasteiger partial charge in [-0.05, 0) is 78.1 Å². The van der Waals surface area contributed by atoms with Gasteiger partial charge in [0.25, 0.3) is 0 Å². The van der Waals surface area contributed by atoms with E-state index in [0.717, 1.165) is 23.1 Å². The van der Waals surface area contributed by atoms with E-state index in [-0.39, 0.29) is 60.0 Å². The minimum atomic E-state index is -0.905. The number of aliphatic hydroxyl groups is 1. The smallest absolute Gasteiger partial charge is 0.200 e. The first-order chi connectivity index (χ1) is 21.3. The molecule has 0 radical (unpaired) electrons. The molecule has 8 nitrogen and oxygen atoms in total. The Bertz CT molecular complexity index is 1480. The second-order valence-electron chi connectivity index (χ2n) is 10.9. The summed E-state index contributed by atoms with van der Waals surface area (Å²) in [5.41, 5.74) is 9.17. The predicted octanol–water partition coefficient (Wildman–Crippen LogP) is 5.78. The number of ketones is 1. The average molecular weight is 600 g/mol. The molecule has 4 rings (SSSR count). The summed E-state index contributed by atoms with van der Waals surface area (Å²) in [6.07, 6.45) is 2.04. The van der Waals surface area contributed by atoms with Gasteiger partial charge in [-0.25, -0.2) is 0 Å². The van der Waals surface area contributed by atoms with E-state index >= 15 is 0 Å². The van der Waals surface area contributed by atoms with Crippen molar-refractivity contribution in [2.75, 3.05) is 13.3 Å². The van der Waals surface area contributed by atoms with Crippen LogP contribution in [0.2, 0.25) is 0 Å². The third kappa shape index (κ3) is 9.76. The van der Waals surface area contributed by atoms with Gasteiger partial charge in [0.15, 0.2) is 23.0 Å². The molecule has 0 fully saturated rings. The fourth-order valence-corrected chi connectivity index (χ4v) is 5.27. The summed E-state index contributed by atoms with van der Waals surface area (Å²) < 4.78 is 11.1. The van der Waals surface area contributed by atoms with E-state index in [2.05, 4.69) is 0 Å². The Morgan fingerprint density at radius 3 is 2.09 bits per heavy atom. The number of hydrogen-bond acceptors (Lipinski definition) is 8. The number of nitrogens with two attached hydrogens (primary N) is 1. The lowest BCUT2D eigenvalue weighted by atomic mass is 9.86. The lowest BCUT2D eigenvalue weighted by Gasteiger charge is -2.22. The maximum absolute atomic E-state index is 12.8. The van der Waals surface area contributed by atoms with Crippen molar-refractivity contribution in [2.45, 2.75) is 57.0 Å². The number of aryl methyl sites for hydroxylation is 2. The molecular weight excluding hydrogens is 558 g/mol. The summed E-state index contributed by atoms with van der Waals surface area (Å²) >= 11 is 0. The Morgan fingerprint density at radius 1 is 0.727 bits per heavy atom. The molecule has 2 atom stereocenters. The van der Waals surface area contributed by atoms with Crippen LogP contribution in [0.25, 0.3) is 0 Å². The third-order valence-electron chi connectivity index (χ3n) is 7.64. The molecule has 8 heteroatoms. The summed E-state index contributed by atoms with van der Waals surface area (Å²) in [7, 11) is 0. The van der Waals surface area contributed by atoms with Gasteiger partial charge in [0.05, 0.1) is 12.7 Å². The third-order valence-corrected chi connectivity index (χ3v) is 7.64. The van der Waals surface area contributed by atoms with Crippen molar-refractivity contribution < 1.29 is 34.7 Å². The van der Waals surface area contributed by atoms with Crippen molar-refractivity contribution in [1.29, 1.82) is 0 Å². The zero-order chi connectivity index (χ0) is 31.3. The molecule has 44 heavy (non-hydrogen) atoms. The maximum atomic E-state index is 12.8. The molecule has 0 bridgehead atoms. The second-order valence-corrected chi connectivity index (χ2v) is 10.9. The number of phenolic OH excluding ortho intramolecular Hbond substituents is 3. The van der Waals surface area contributed by atoms with Gasteiger partial charge >= 0.3 is 0 Å². The maximum Gasteiger partial charge on any atom is 0.200 e. The van der Waals surface area contributed by atoms with E-state index in [1.807, 2.05) is 60.7 Å².